The van der Waals surface area contributed by atoms with Crippen molar-refractivity contribution >= 4 is 33.4 Å². The molecule has 3 aromatic rings. The summed E-state index contributed by atoms with van der Waals surface area (Å²) in [6, 6.07) is 11.8. The van der Waals surface area contributed by atoms with Crippen LogP contribution in [-0.4, -0.2) is 29.5 Å². The number of aryl methyl sites for hydroxylation is 1. The summed E-state index contributed by atoms with van der Waals surface area (Å²) in [6.45, 7) is 1.84. The van der Waals surface area contributed by atoms with Crippen LogP contribution in [0.4, 0.5) is 5.69 Å². The zero-order chi connectivity index (χ0) is 20.1. The van der Waals surface area contributed by atoms with E-state index >= 15 is 0 Å². The average Bonchev–Trinajstić information content (AvgIpc) is 3.19. The van der Waals surface area contributed by atoms with Crippen LogP contribution in [-0.2, 0) is 22.2 Å². The van der Waals surface area contributed by atoms with Gasteiger partial charge < -0.3 is 5.32 Å². The third kappa shape index (κ3) is 4.97. The number of hydrogen-bond donors (Lipinski definition) is 3. The molecule has 0 aliphatic rings. The van der Waals surface area contributed by atoms with Crippen molar-refractivity contribution in [2.45, 2.75) is 29.1 Å². The fraction of sp³-hybridized carbons (Fsp3) is 0.167. The first-order valence-corrected chi connectivity index (χ1v) is 10.9. The SMILES string of the molecule is CCc1ccc(NC(=O)c2ccc(CSc3ncn[nH]3)cc2)cc1S(N)(=O)=O. The van der Waals surface area contributed by atoms with Crippen LogP contribution in [0.2, 0.25) is 0 Å². The minimum atomic E-state index is -3.86. The lowest BCUT2D eigenvalue weighted by Gasteiger charge is -2.10. The van der Waals surface area contributed by atoms with E-state index in [9.17, 15) is 13.2 Å². The summed E-state index contributed by atoms with van der Waals surface area (Å²) in [7, 11) is -3.86. The largest absolute Gasteiger partial charge is 0.322 e. The quantitative estimate of drug-likeness (QED) is 0.506. The molecule has 4 N–H and O–H groups in total. The first-order chi connectivity index (χ1) is 13.4. The van der Waals surface area contributed by atoms with Gasteiger partial charge in [-0.15, -0.1) is 0 Å². The lowest BCUT2D eigenvalue weighted by Crippen LogP contribution is -2.16. The number of thioether (sulfide) groups is 1. The van der Waals surface area contributed by atoms with Gasteiger partial charge in [0, 0.05) is 17.0 Å². The van der Waals surface area contributed by atoms with E-state index < -0.39 is 10.0 Å². The molecule has 0 aliphatic heterocycles. The third-order valence-corrected chi connectivity index (χ3v) is 5.94. The van der Waals surface area contributed by atoms with Gasteiger partial charge in [0.25, 0.3) is 5.91 Å². The number of primary sulfonamides is 1. The fourth-order valence-corrected chi connectivity index (χ4v) is 4.16. The molecule has 8 nitrogen and oxygen atoms in total. The molecule has 0 saturated heterocycles. The highest BCUT2D eigenvalue weighted by Gasteiger charge is 2.15. The van der Waals surface area contributed by atoms with Crippen LogP contribution in [0.3, 0.4) is 0 Å². The standard InChI is InChI=1S/C18H19N5O3S2/c1-2-13-7-8-15(9-16(13)28(19,25)26)22-17(24)14-5-3-12(4-6-14)10-27-18-20-11-21-23-18/h3-9,11H,2,10H2,1H3,(H,22,24)(H2,19,25,26)(H,20,21,23). The zero-order valence-corrected chi connectivity index (χ0v) is 16.7. The topological polar surface area (TPSA) is 131 Å². The lowest BCUT2D eigenvalue weighted by molar-refractivity contribution is 0.102. The molecular formula is C18H19N5O3S2. The summed E-state index contributed by atoms with van der Waals surface area (Å²) >= 11 is 1.51. The molecule has 0 atom stereocenters. The molecule has 10 heteroatoms. The zero-order valence-electron chi connectivity index (χ0n) is 15.0. The number of nitrogens with two attached hydrogens (primary N) is 1. The van der Waals surface area contributed by atoms with Crippen molar-refractivity contribution in [1.29, 1.82) is 0 Å². The number of benzene rings is 2. The minimum Gasteiger partial charge on any atom is -0.322 e. The number of H-pyrrole nitrogens is 1. The number of aromatic nitrogens is 3. The molecule has 0 aliphatic carbocycles. The highest BCUT2D eigenvalue weighted by atomic mass is 32.2. The average molecular weight is 418 g/mol. The number of carbonyl (C=O) groups is 1. The smallest absolute Gasteiger partial charge is 0.255 e. The van der Waals surface area contributed by atoms with Crippen molar-refractivity contribution in [2.24, 2.45) is 5.14 Å². The molecule has 1 amide bonds. The van der Waals surface area contributed by atoms with Crippen LogP contribution < -0.4 is 10.5 Å². The van der Waals surface area contributed by atoms with Gasteiger partial charge in [0.2, 0.25) is 10.0 Å². The van der Waals surface area contributed by atoms with E-state index in [2.05, 4.69) is 20.5 Å². The number of anilines is 1. The number of aromatic amines is 1. The Kier molecular flexibility index (Phi) is 6.12. The predicted molar refractivity (Wildman–Crippen MR) is 108 cm³/mol. The molecule has 0 unspecified atom stereocenters. The van der Waals surface area contributed by atoms with Gasteiger partial charge in [-0.3, -0.25) is 9.89 Å². The van der Waals surface area contributed by atoms with Crippen molar-refractivity contribution in [3.8, 4) is 0 Å². The fourth-order valence-electron chi connectivity index (χ4n) is 2.56. The van der Waals surface area contributed by atoms with Crippen LogP contribution in [0.15, 0.2) is 58.8 Å². The van der Waals surface area contributed by atoms with E-state index in [1.54, 1.807) is 24.3 Å². The van der Waals surface area contributed by atoms with Gasteiger partial charge >= 0.3 is 0 Å². The number of nitrogens with zero attached hydrogens (tertiary/aromatic N) is 2. The number of hydrogen-bond acceptors (Lipinski definition) is 6. The Morgan fingerprint density at radius 2 is 1.96 bits per heavy atom. The van der Waals surface area contributed by atoms with Crippen LogP contribution >= 0.6 is 11.8 Å². The summed E-state index contributed by atoms with van der Waals surface area (Å²) in [5.74, 6) is 0.354. The molecule has 0 spiro atoms. The molecule has 1 heterocycles. The van der Waals surface area contributed by atoms with Crippen LogP contribution in [0.1, 0.15) is 28.4 Å². The maximum absolute atomic E-state index is 12.5. The second-order valence-electron chi connectivity index (χ2n) is 5.95. The third-order valence-electron chi connectivity index (χ3n) is 4.00. The number of nitrogens with one attached hydrogen (secondary N) is 2. The molecule has 0 bridgehead atoms. The number of carbonyl (C=O) groups excluding carboxylic acids is 1. The van der Waals surface area contributed by atoms with Crippen molar-refractivity contribution in [3.05, 3.63) is 65.5 Å². The monoisotopic (exact) mass is 417 g/mol. The van der Waals surface area contributed by atoms with Crippen molar-refractivity contribution in [2.75, 3.05) is 5.32 Å². The van der Waals surface area contributed by atoms with Gasteiger partial charge in [-0.05, 0) is 41.8 Å². The number of amides is 1. The molecule has 0 saturated carbocycles. The van der Waals surface area contributed by atoms with E-state index in [1.807, 2.05) is 19.1 Å². The summed E-state index contributed by atoms with van der Waals surface area (Å²) in [5, 5.41) is 15.3. The van der Waals surface area contributed by atoms with Crippen LogP contribution in [0, 0.1) is 0 Å². The minimum absolute atomic E-state index is 0.0209. The Morgan fingerprint density at radius 3 is 2.57 bits per heavy atom. The van der Waals surface area contributed by atoms with Gasteiger partial charge in [0.1, 0.15) is 6.33 Å². The number of sulfonamides is 1. The molecule has 0 radical (unpaired) electrons. The predicted octanol–water partition coefficient (Wildman–Crippen LogP) is 2.56. The normalized spacial score (nSPS) is 11.4. The molecule has 0 fully saturated rings. The second-order valence-corrected chi connectivity index (χ2v) is 8.45. The van der Waals surface area contributed by atoms with E-state index in [0.29, 0.717) is 29.0 Å². The van der Waals surface area contributed by atoms with Gasteiger partial charge in [0.05, 0.1) is 4.90 Å². The lowest BCUT2D eigenvalue weighted by atomic mass is 10.1. The Morgan fingerprint density at radius 1 is 1.21 bits per heavy atom. The molecule has 2 aromatic carbocycles. The molecule has 1 aromatic heterocycles. The molecule has 3 rings (SSSR count). The van der Waals surface area contributed by atoms with Crippen molar-refractivity contribution < 1.29 is 13.2 Å². The van der Waals surface area contributed by atoms with E-state index in [4.69, 9.17) is 5.14 Å². The van der Waals surface area contributed by atoms with Crippen molar-refractivity contribution in [1.82, 2.24) is 15.2 Å². The Labute approximate surface area is 167 Å². The summed E-state index contributed by atoms with van der Waals surface area (Å²) in [6.07, 6.45) is 1.97. The van der Waals surface area contributed by atoms with Gasteiger partial charge in [0.15, 0.2) is 5.16 Å². The first-order valence-electron chi connectivity index (χ1n) is 8.41. The molecular weight excluding hydrogens is 398 g/mol. The Hall–Kier alpha value is -2.69. The second kappa shape index (κ2) is 8.55. The highest BCUT2D eigenvalue weighted by Crippen LogP contribution is 2.22. The van der Waals surface area contributed by atoms with Gasteiger partial charge in [-0.25, -0.2) is 18.5 Å². The van der Waals surface area contributed by atoms with Crippen LogP contribution in [0.25, 0.3) is 0 Å². The highest BCUT2D eigenvalue weighted by molar-refractivity contribution is 7.98. The Balaban J connectivity index is 1.69. The summed E-state index contributed by atoms with van der Waals surface area (Å²) < 4.78 is 23.5. The molecule has 28 heavy (non-hydrogen) atoms. The maximum Gasteiger partial charge on any atom is 0.255 e. The van der Waals surface area contributed by atoms with Gasteiger partial charge in [-0.2, -0.15) is 5.10 Å². The summed E-state index contributed by atoms with van der Waals surface area (Å²) in [5.41, 5.74) is 2.47. The van der Waals surface area contributed by atoms with E-state index in [0.717, 1.165) is 10.7 Å². The maximum atomic E-state index is 12.5. The van der Waals surface area contributed by atoms with Crippen LogP contribution in [0.5, 0.6) is 0 Å². The first kappa shape index (κ1) is 20.1. The Bertz CT molecular complexity index is 1070. The van der Waals surface area contributed by atoms with E-state index in [1.165, 1.54) is 24.2 Å². The molecule has 146 valence electrons. The van der Waals surface area contributed by atoms with E-state index in [-0.39, 0.29) is 10.8 Å². The van der Waals surface area contributed by atoms with Crippen molar-refractivity contribution in [3.63, 3.8) is 0 Å². The van der Waals surface area contributed by atoms with Gasteiger partial charge in [-0.1, -0.05) is 36.9 Å². The number of rotatable bonds is 7. The summed E-state index contributed by atoms with van der Waals surface area (Å²) in [4.78, 5) is 16.5.